The number of hydrogen-bond donors (Lipinski definition) is 1. The van der Waals surface area contributed by atoms with E-state index >= 15 is 0 Å². The fourth-order valence-electron chi connectivity index (χ4n) is 3.46. The highest BCUT2D eigenvalue weighted by atomic mass is 16.5. The maximum absolute atomic E-state index is 12.6. The van der Waals surface area contributed by atoms with E-state index in [4.69, 9.17) is 4.74 Å². The lowest BCUT2D eigenvalue weighted by Crippen LogP contribution is -2.43. The van der Waals surface area contributed by atoms with E-state index in [0.717, 1.165) is 11.3 Å². The summed E-state index contributed by atoms with van der Waals surface area (Å²) in [5.41, 5.74) is 3.23. The molecule has 0 spiro atoms. The summed E-state index contributed by atoms with van der Waals surface area (Å²) in [6, 6.07) is 15.7. The van der Waals surface area contributed by atoms with E-state index in [0.29, 0.717) is 37.6 Å². The molecule has 5 heteroatoms. The molecule has 0 saturated carbocycles. The second-order valence-electron chi connectivity index (χ2n) is 8.02. The monoisotopic (exact) mass is 394 g/mol. The second kappa shape index (κ2) is 9.59. The number of nitrogens with zero attached hydrogens (tertiary/aromatic N) is 1. The normalized spacial score (nSPS) is 14.7. The summed E-state index contributed by atoms with van der Waals surface area (Å²) in [7, 11) is 0. The molecule has 5 nitrogen and oxygen atoms in total. The number of amides is 2. The lowest BCUT2D eigenvalue weighted by Gasteiger charge is -2.31. The van der Waals surface area contributed by atoms with Crippen LogP contribution in [0.15, 0.2) is 48.5 Å². The minimum absolute atomic E-state index is 0.0299. The van der Waals surface area contributed by atoms with Gasteiger partial charge in [-0.15, -0.1) is 0 Å². The molecule has 0 aliphatic carbocycles. The molecule has 0 unspecified atom stereocenters. The number of anilines is 1. The number of carbonyl (C=O) groups is 2. The number of hydrogen-bond acceptors (Lipinski definition) is 3. The van der Waals surface area contributed by atoms with Crippen LogP contribution >= 0.6 is 0 Å². The fourth-order valence-corrected chi connectivity index (χ4v) is 3.46. The van der Waals surface area contributed by atoms with Gasteiger partial charge in [-0.1, -0.05) is 43.7 Å². The molecule has 1 heterocycles. The molecule has 2 amide bonds. The first-order valence-electron chi connectivity index (χ1n) is 10.3. The molecule has 29 heavy (non-hydrogen) atoms. The summed E-state index contributed by atoms with van der Waals surface area (Å²) in [6.07, 6.45) is 1.35. The summed E-state index contributed by atoms with van der Waals surface area (Å²) in [5.74, 6) is 1.10. The number of nitrogens with one attached hydrogen (secondary N) is 1. The van der Waals surface area contributed by atoms with Crippen molar-refractivity contribution in [3.05, 3.63) is 59.7 Å². The van der Waals surface area contributed by atoms with Crippen molar-refractivity contribution in [3.63, 3.8) is 0 Å². The summed E-state index contributed by atoms with van der Waals surface area (Å²) >= 11 is 0. The molecule has 1 aliphatic heterocycles. The van der Waals surface area contributed by atoms with Crippen molar-refractivity contribution >= 4 is 17.5 Å². The minimum Gasteiger partial charge on any atom is -0.484 e. The van der Waals surface area contributed by atoms with E-state index in [1.807, 2.05) is 43.3 Å². The van der Waals surface area contributed by atoms with Crippen LogP contribution in [0.25, 0.3) is 0 Å². The first kappa shape index (κ1) is 20.9. The first-order valence-corrected chi connectivity index (χ1v) is 10.3. The van der Waals surface area contributed by atoms with E-state index in [2.05, 4.69) is 31.3 Å². The van der Waals surface area contributed by atoms with Crippen LogP contribution in [-0.2, 0) is 9.59 Å². The molecule has 1 fully saturated rings. The van der Waals surface area contributed by atoms with Gasteiger partial charge in [0.15, 0.2) is 6.61 Å². The zero-order valence-corrected chi connectivity index (χ0v) is 17.5. The number of rotatable bonds is 6. The first-order chi connectivity index (χ1) is 13.9. The minimum atomic E-state index is -0.0677. The molecule has 2 aromatic rings. The Kier molecular flexibility index (Phi) is 6.91. The molecule has 0 atom stereocenters. The second-order valence-corrected chi connectivity index (χ2v) is 8.02. The standard InChI is InChI=1S/C24H30N2O3/c1-17(2)19-6-8-21(9-7-19)25-24(28)20-12-14-26(15-13-20)23(27)16-29-22-10-4-18(3)5-11-22/h4-11,17,20H,12-16H2,1-3H3,(H,25,28). The van der Waals surface area contributed by atoms with E-state index in [1.165, 1.54) is 5.56 Å². The van der Waals surface area contributed by atoms with Crippen molar-refractivity contribution in [2.24, 2.45) is 5.92 Å². The quantitative estimate of drug-likeness (QED) is 0.791. The number of aryl methyl sites for hydroxylation is 1. The summed E-state index contributed by atoms with van der Waals surface area (Å²) in [4.78, 5) is 26.7. The molecule has 0 bridgehead atoms. The highest BCUT2D eigenvalue weighted by molar-refractivity contribution is 5.92. The number of piperidine rings is 1. The third-order valence-corrected chi connectivity index (χ3v) is 5.45. The van der Waals surface area contributed by atoms with Gasteiger partial charge in [0.1, 0.15) is 5.75 Å². The zero-order valence-electron chi connectivity index (χ0n) is 17.5. The van der Waals surface area contributed by atoms with Gasteiger partial charge in [0, 0.05) is 24.7 Å². The van der Waals surface area contributed by atoms with Crippen molar-refractivity contribution in [1.82, 2.24) is 4.90 Å². The largest absolute Gasteiger partial charge is 0.484 e. The SMILES string of the molecule is Cc1ccc(OCC(=O)N2CCC(C(=O)Nc3ccc(C(C)C)cc3)CC2)cc1. The van der Waals surface area contributed by atoms with Crippen LogP contribution in [0.1, 0.15) is 43.7 Å². The molecule has 3 rings (SSSR count). The van der Waals surface area contributed by atoms with E-state index < -0.39 is 0 Å². The Hall–Kier alpha value is -2.82. The lowest BCUT2D eigenvalue weighted by molar-refractivity contribution is -0.136. The van der Waals surface area contributed by atoms with Crippen molar-refractivity contribution in [2.75, 3.05) is 25.0 Å². The van der Waals surface area contributed by atoms with Gasteiger partial charge in [-0.25, -0.2) is 0 Å². The predicted octanol–water partition coefficient (Wildman–Crippen LogP) is 4.37. The van der Waals surface area contributed by atoms with Gasteiger partial charge >= 0.3 is 0 Å². The molecule has 0 aromatic heterocycles. The molecular weight excluding hydrogens is 364 g/mol. The summed E-state index contributed by atoms with van der Waals surface area (Å²) in [6.45, 7) is 7.50. The number of likely N-dealkylation sites (tertiary alicyclic amines) is 1. The van der Waals surface area contributed by atoms with Crippen LogP contribution in [0.3, 0.4) is 0 Å². The Balaban J connectivity index is 1.43. The van der Waals surface area contributed by atoms with Gasteiger partial charge in [0.05, 0.1) is 0 Å². The Morgan fingerprint density at radius 3 is 2.24 bits per heavy atom. The van der Waals surface area contributed by atoms with Crippen molar-refractivity contribution in [2.45, 2.75) is 39.5 Å². The fraction of sp³-hybridized carbons (Fsp3) is 0.417. The van der Waals surface area contributed by atoms with Gasteiger partial charge in [-0.2, -0.15) is 0 Å². The van der Waals surface area contributed by atoms with Crippen molar-refractivity contribution < 1.29 is 14.3 Å². The van der Waals surface area contributed by atoms with Gasteiger partial charge in [0.25, 0.3) is 5.91 Å². The number of carbonyl (C=O) groups excluding carboxylic acids is 2. The highest BCUT2D eigenvalue weighted by Crippen LogP contribution is 2.22. The molecule has 2 aromatic carbocycles. The lowest BCUT2D eigenvalue weighted by atomic mass is 9.95. The van der Waals surface area contributed by atoms with E-state index in [-0.39, 0.29) is 24.3 Å². The van der Waals surface area contributed by atoms with Gasteiger partial charge in [-0.05, 0) is 55.5 Å². The van der Waals surface area contributed by atoms with Crippen LogP contribution in [0.2, 0.25) is 0 Å². The maximum Gasteiger partial charge on any atom is 0.260 e. The predicted molar refractivity (Wildman–Crippen MR) is 115 cm³/mol. The number of benzene rings is 2. The number of ether oxygens (including phenoxy) is 1. The van der Waals surface area contributed by atoms with Crippen molar-refractivity contribution in [1.29, 1.82) is 0 Å². The molecule has 1 N–H and O–H groups in total. The summed E-state index contributed by atoms with van der Waals surface area (Å²) in [5, 5.41) is 3.01. The third-order valence-electron chi connectivity index (χ3n) is 5.45. The average molecular weight is 395 g/mol. The zero-order chi connectivity index (χ0) is 20.8. The van der Waals surface area contributed by atoms with Gasteiger partial charge < -0.3 is 15.0 Å². The Morgan fingerprint density at radius 1 is 1.03 bits per heavy atom. The van der Waals surface area contributed by atoms with Crippen LogP contribution in [0, 0.1) is 12.8 Å². The van der Waals surface area contributed by atoms with Crippen LogP contribution in [0.5, 0.6) is 5.75 Å². The molecular formula is C24H30N2O3. The topological polar surface area (TPSA) is 58.6 Å². The van der Waals surface area contributed by atoms with Gasteiger partial charge in [0.2, 0.25) is 5.91 Å². The molecule has 0 radical (unpaired) electrons. The molecule has 1 saturated heterocycles. The molecule has 1 aliphatic rings. The van der Waals surface area contributed by atoms with E-state index in [9.17, 15) is 9.59 Å². The van der Waals surface area contributed by atoms with E-state index in [1.54, 1.807) is 4.90 Å². The third kappa shape index (κ3) is 5.83. The van der Waals surface area contributed by atoms with Crippen LogP contribution < -0.4 is 10.1 Å². The maximum atomic E-state index is 12.6. The Labute approximate surface area is 173 Å². The van der Waals surface area contributed by atoms with Crippen LogP contribution in [0.4, 0.5) is 5.69 Å². The highest BCUT2D eigenvalue weighted by Gasteiger charge is 2.27. The van der Waals surface area contributed by atoms with Crippen molar-refractivity contribution in [3.8, 4) is 5.75 Å². The molecule has 154 valence electrons. The smallest absolute Gasteiger partial charge is 0.260 e. The Bertz CT molecular complexity index is 820. The Morgan fingerprint density at radius 2 is 1.66 bits per heavy atom. The average Bonchev–Trinajstić information content (AvgIpc) is 2.73. The van der Waals surface area contributed by atoms with Crippen LogP contribution in [-0.4, -0.2) is 36.4 Å². The van der Waals surface area contributed by atoms with Gasteiger partial charge in [-0.3, -0.25) is 9.59 Å². The summed E-state index contributed by atoms with van der Waals surface area (Å²) < 4.78 is 5.59.